The minimum Gasteiger partial charge on any atom is -0.355 e. The third-order valence-corrected chi connectivity index (χ3v) is 9.88. The first-order valence-electron chi connectivity index (χ1n) is 15.5. The molecule has 0 saturated carbocycles. The molecule has 0 aliphatic heterocycles. The molecule has 0 amide bonds. The fourth-order valence-corrected chi connectivity index (χ4v) is 8.19. The second-order valence-electron chi connectivity index (χ2n) is 12.2. The molecule has 43 heavy (non-hydrogen) atoms. The zero-order valence-corrected chi connectivity index (χ0v) is 25.2. The Morgan fingerprint density at radius 3 is 1.53 bits per heavy atom. The van der Waals surface area contributed by atoms with Crippen molar-refractivity contribution in [2.75, 3.05) is 5.32 Å². The molecule has 6 aromatic carbocycles. The highest BCUT2D eigenvalue weighted by molar-refractivity contribution is 5.99. The van der Waals surface area contributed by atoms with Gasteiger partial charge in [-0.05, 0) is 79.4 Å². The molecule has 0 bridgehead atoms. The van der Waals surface area contributed by atoms with E-state index in [0.29, 0.717) is 0 Å². The Kier molecular flexibility index (Phi) is 5.59. The summed E-state index contributed by atoms with van der Waals surface area (Å²) in [5, 5.41) is 3.89. The fourth-order valence-electron chi connectivity index (χ4n) is 8.19. The van der Waals surface area contributed by atoms with Crippen LogP contribution >= 0.6 is 0 Å². The van der Waals surface area contributed by atoms with Crippen molar-refractivity contribution in [2.45, 2.75) is 38.5 Å². The SMILES string of the molecule is CC.CC1(C)c2ccccc2-c2ccc(Nc3cccc4c3-c3ccccc3C43c4ccccc4-c4ccccc43)cc21.[HH]. The first-order valence-corrected chi connectivity index (χ1v) is 15.5. The summed E-state index contributed by atoms with van der Waals surface area (Å²) in [5.41, 5.74) is 18.2. The average molecular weight is 556 g/mol. The summed E-state index contributed by atoms with van der Waals surface area (Å²) in [6.07, 6.45) is 0. The summed E-state index contributed by atoms with van der Waals surface area (Å²) < 4.78 is 0. The molecule has 1 heteroatoms. The van der Waals surface area contributed by atoms with Crippen molar-refractivity contribution in [1.82, 2.24) is 0 Å². The Labute approximate surface area is 256 Å². The first-order chi connectivity index (χ1) is 21.1. The van der Waals surface area contributed by atoms with Crippen LogP contribution in [0.25, 0.3) is 33.4 Å². The highest BCUT2D eigenvalue weighted by Crippen LogP contribution is 2.64. The van der Waals surface area contributed by atoms with E-state index >= 15 is 0 Å². The average Bonchev–Trinajstić information content (AvgIpc) is 3.62. The van der Waals surface area contributed by atoms with Gasteiger partial charge >= 0.3 is 0 Å². The summed E-state index contributed by atoms with van der Waals surface area (Å²) in [5.74, 6) is 0. The number of nitrogens with one attached hydrogen (secondary N) is 1. The van der Waals surface area contributed by atoms with Gasteiger partial charge in [0.25, 0.3) is 0 Å². The standard InChI is InChI=1S/C40H29N.C2H6.H2/c1-39(2)31-16-7-3-12-26(31)29-23-22-25(24-36(29)39)41-37-21-11-20-35-38(37)30-15-6-10-19-34(30)40(35)32-17-8-4-13-27(32)28-14-5-9-18-33(28)40;1-2;/h3-24,41H,1-2H3;1-2H3;1H. The van der Waals surface area contributed by atoms with Gasteiger partial charge in [0.05, 0.1) is 5.41 Å². The molecule has 0 aromatic heterocycles. The van der Waals surface area contributed by atoms with Crippen molar-refractivity contribution in [3.05, 3.63) is 167 Å². The first kappa shape index (κ1) is 25.8. The zero-order chi connectivity index (χ0) is 29.3. The number of fused-ring (bicyclic) bond motifs is 13. The van der Waals surface area contributed by atoms with Crippen LogP contribution in [0.4, 0.5) is 11.4 Å². The van der Waals surface area contributed by atoms with E-state index < -0.39 is 0 Å². The summed E-state index contributed by atoms with van der Waals surface area (Å²) in [4.78, 5) is 0. The van der Waals surface area contributed by atoms with Crippen molar-refractivity contribution in [1.29, 1.82) is 0 Å². The Bertz CT molecular complexity index is 2020. The summed E-state index contributed by atoms with van der Waals surface area (Å²) in [6, 6.07) is 49.6. The lowest BCUT2D eigenvalue weighted by molar-refractivity contribution is 0.660. The largest absolute Gasteiger partial charge is 0.355 e. The van der Waals surface area contributed by atoms with Gasteiger partial charge in [-0.3, -0.25) is 0 Å². The van der Waals surface area contributed by atoms with Gasteiger partial charge in [0.15, 0.2) is 0 Å². The second kappa shape index (κ2) is 9.31. The van der Waals surface area contributed by atoms with E-state index in [2.05, 4.69) is 153 Å². The normalized spacial score (nSPS) is 14.9. The Morgan fingerprint density at radius 2 is 0.907 bits per heavy atom. The van der Waals surface area contributed by atoms with Gasteiger partial charge in [-0.15, -0.1) is 0 Å². The van der Waals surface area contributed by atoms with Crippen molar-refractivity contribution in [2.24, 2.45) is 0 Å². The molecule has 9 rings (SSSR count). The molecule has 0 atom stereocenters. The maximum Gasteiger partial charge on any atom is 0.0726 e. The van der Waals surface area contributed by atoms with Crippen LogP contribution in [0.2, 0.25) is 0 Å². The molecule has 0 saturated heterocycles. The van der Waals surface area contributed by atoms with Gasteiger partial charge in [-0.2, -0.15) is 0 Å². The molecular weight excluding hydrogens is 518 g/mol. The minimum absolute atomic E-state index is 0. The van der Waals surface area contributed by atoms with Crippen molar-refractivity contribution >= 4 is 11.4 Å². The molecule has 3 aliphatic carbocycles. The predicted molar refractivity (Wildman–Crippen MR) is 183 cm³/mol. The van der Waals surface area contributed by atoms with Gasteiger partial charge in [-0.1, -0.05) is 143 Å². The topological polar surface area (TPSA) is 12.0 Å². The lowest BCUT2D eigenvalue weighted by Gasteiger charge is -2.30. The number of hydrogen-bond acceptors (Lipinski definition) is 1. The van der Waals surface area contributed by atoms with Crippen LogP contribution in [0.3, 0.4) is 0 Å². The highest BCUT2D eigenvalue weighted by atomic mass is 14.9. The molecule has 0 radical (unpaired) electrons. The van der Waals surface area contributed by atoms with Gasteiger partial charge in [-0.25, -0.2) is 0 Å². The molecule has 3 aliphatic rings. The second-order valence-corrected chi connectivity index (χ2v) is 12.2. The van der Waals surface area contributed by atoms with Crippen LogP contribution in [0.15, 0.2) is 133 Å². The maximum absolute atomic E-state index is 3.89. The maximum atomic E-state index is 3.89. The van der Waals surface area contributed by atoms with Crippen LogP contribution in [0.1, 0.15) is 62.5 Å². The van der Waals surface area contributed by atoms with Crippen LogP contribution < -0.4 is 5.32 Å². The molecule has 0 heterocycles. The predicted octanol–water partition coefficient (Wildman–Crippen LogP) is 11.4. The number of benzene rings is 6. The van der Waals surface area contributed by atoms with Crippen LogP contribution in [0.5, 0.6) is 0 Å². The molecule has 0 unspecified atom stereocenters. The lowest BCUT2D eigenvalue weighted by atomic mass is 9.70. The van der Waals surface area contributed by atoms with Crippen molar-refractivity contribution < 1.29 is 1.43 Å². The summed E-state index contributed by atoms with van der Waals surface area (Å²) >= 11 is 0. The minimum atomic E-state index is -0.321. The van der Waals surface area contributed by atoms with Crippen molar-refractivity contribution in [3.63, 3.8) is 0 Å². The third kappa shape index (κ3) is 3.28. The van der Waals surface area contributed by atoms with E-state index in [0.717, 1.165) is 11.4 Å². The van der Waals surface area contributed by atoms with Crippen LogP contribution in [-0.2, 0) is 10.8 Å². The van der Waals surface area contributed by atoms with E-state index in [1.165, 1.54) is 66.8 Å². The fraction of sp³-hybridized carbons (Fsp3) is 0.143. The van der Waals surface area contributed by atoms with E-state index in [1.54, 1.807) is 0 Å². The summed E-state index contributed by atoms with van der Waals surface area (Å²) in [6.45, 7) is 8.69. The number of hydrogen-bond donors (Lipinski definition) is 1. The Hall–Kier alpha value is -4.88. The Balaban J connectivity index is 0.00000102. The van der Waals surface area contributed by atoms with Crippen molar-refractivity contribution in [3.8, 4) is 33.4 Å². The smallest absolute Gasteiger partial charge is 0.0726 e. The summed E-state index contributed by atoms with van der Waals surface area (Å²) in [7, 11) is 0. The zero-order valence-electron chi connectivity index (χ0n) is 25.2. The molecule has 0 fully saturated rings. The number of anilines is 2. The molecule has 210 valence electrons. The van der Waals surface area contributed by atoms with E-state index in [-0.39, 0.29) is 12.3 Å². The lowest BCUT2D eigenvalue weighted by Crippen LogP contribution is -2.25. The van der Waals surface area contributed by atoms with Crippen LogP contribution in [0, 0.1) is 0 Å². The van der Waals surface area contributed by atoms with Crippen LogP contribution in [-0.4, -0.2) is 0 Å². The van der Waals surface area contributed by atoms with E-state index in [1.807, 2.05) is 13.8 Å². The van der Waals surface area contributed by atoms with Gasteiger partial charge in [0, 0.05) is 23.8 Å². The van der Waals surface area contributed by atoms with E-state index in [9.17, 15) is 0 Å². The van der Waals surface area contributed by atoms with Gasteiger partial charge in [0.2, 0.25) is 0 Å². The molecular formula is C42H37N. The van der Waals surface area contributed by atoms with Gasteiger partial charge in [0.1, 0.15) is 0 Å². The monoisotopic (exact) mass is 555 g/mol. The number of rotatable bonds is 2. The molecule has 1 N–H and O–H groups in total. The molecule has 1 nitrogen and oxygen atoms in total. The van der Waals surface area contributed by atoms with E-state index in [4.69, 9.17) is 0 Å². The Morgan fingerprint density at radius 1 is 0.442 bits per heavy atom. The van der Waals surface area contributed by atoms with Gasteiger partial charge < -0.3 is 5.32 Å². The third-order valence-electron chi connectivity index (χ3n) is 9.88. The molecule has 6 aromatic rings. The highest BCUT2D eigenvalue weighted by Gasteiger charge is 2.52. The quantitative estimate of drug-likeness (QED) is 0.224. The molecule has 1 spiro atoms.